The van der Waals surface area contributed by atoms with E-state index in [0.29, 0.717) is 45.3 Å². The Balaban J connectivity index is 1.76. The zero-order valence-electron chi connectivity index (χ0n) is 26.6. The zero-order chi connectivity index (χ0) is 32.6. The molecule has 2 aromatic carbocycles. The van der Waals surface area contributed by atoms with Crippen molar-refractivity contribution in [3.8, 4) is 0 Å². The Morgan fingerprint density at radius 2 is 1.36 bits per heavy atom. The first-order valence-electron chi connectivity index (χ1n) is 16.0. The highest BCUT2D eigenvalue weighted by molar-refractivity contribution is 7.99. The minimum Gasteiger partial charge on any atom is -0.343 e. The number of nitrogens with one attached hydrogen (secondary N) is 3. The number of rotatable bonds is 16. The molecule has 7 N–H and O–H groups in total. The molecule has 45 heavy (non-hydrogen) atoms. The van der Waals surface area contributed by atoms with Gasteiger partial charge in [-0.1, -0.05) is 74.5 Å². The van der Waals surface area contributed by atoms with Crippen LogP contribution in [-0.4, -0.2) is 83.8 Å². The Morgan fingerprint density at radius 3 is 1.98 bits per heavy atom. The molecule has 1 saturated heterocycles. The Bertz CT molecular complexity index is 1210. The number of hydrogen-bond acceptors (Lipinski definition) is 7. The first kappa shape index (κ1) is 36.1. The molecular formula is C34H50N6O4S. The van der Waals surface area contributed by atoms with Crippen LogP contribution >= 0.6 is 11.8 Å². The van der Waals surface area contributed by atoms with Gasteiger partial charge in [-0.05, 0) is 61.4 Å². The fourth-order valence-corrected chi connectivity index (χ4v) is 6.20. The van der Waals surface area contributed by atoms with Crippen molar-refractivity contribution in [2.75, 3.05) is 31.1 Å². The monoisotopic (exact) mass is 638 g/mol. The summed E-state index contributed by atoms with van der Waals surface area (Å²) in [7, 11) is 0. The minimum absolute atomic E-state index is 0.0725. The third-order valence-electron chi connectivity index (χ3n) is 7.74. The molecule has 0 radical (unpaired) electrons. The predicted octanol–water partition coefficient (Wildman–Crippen LogP) is 2.00. The summed E-state index contributed by atoms with van der Waals surface area (Å²) in [5.74, 6) is 0.446. The number of hydrogen-bond donors (Lipinski definition) is 5. The van der Waals surface area contributed by atoms with Gasteiger partial charge < -0.3 is 32.3 Å². The molecule has 0 bridgehead atoms. The number of thioether (sulfide) groups is 1. The number of nitrogens with zero attached hydrogens (tertiary/aromatic N) is 1. The molecule has 1 heterocycles. The van der Waals surface area contributed by atoms with Crippen LogP contribution in [0.5, 0.6) is 0 Å². The van der Waals surface area contributed by atoms with E-state index in [1.54, 1.807) is 0 Å². The van der Waals surface area contributed by atoms with Crippen molar-refractivity contribution in [1.29, 1.82) is 0 Å². The van der Waals surface area contributed by atoms with Gasteiger partial charge in [0.2, 0.25) is 23.6 Å². The van der Waals surface area contributed by atoms with Crippen LogP contribution < -0.4 is 27.4 Å². The molecule has 2 aromatic rings. The summed E-state index contributed by atoms with van der Waals surface area (Å²) in [6, 6.07) is 15.4. The summed E-state index contributed by atoms with van der Waals surface area (Å²) >= 11 is 1.82. The van der Waals surface area contributed by atoms with Crippen molar-refractivity contribution in [3.05, 3.63) is 71.8 Å². The molecule has 1 fully saturated rings. The second-order valence-electron chi connectivity index (χ2n) is 12.0. The van der Waals surface area contributed by atoms with Crippen molar-refractivity contribution in [2.45, 2.75) is 76.5 Å². The van der Waals surface area contributed by atoms with E-state index in [-0.39, 0.29) is 18.2 Å². The number of carbonyl (C=O) groups excluding carboxylic acids is 4. The lowest BCUT2D eigenvalue weighted by molar-refractivity contribution is -0.138. The number of carbonyl (C=O) groups is 4. The van der Waals surface area contributed by atoms with Gasteiger partial charge in [0.1, 0.15) is 18.1 Å². The average molecular weight is 639 g/mol. The van der Waals surface area contributed by atoms with Gasteiger partial charge in [-0.2, -0.15) is 11.8 Å². The van der Waals surface area contributed by atoms with Crippen LogP contribution in [0, 0.1) is 5.92 Å². The summed E-state index contributed by atoms with van der Waals surface area (Å²) in [4.78, 5) is 56.0. The number of benzene rings is 2. The third-order valence-corrected chi connectivity index (χ3v) is 8.78. The highest BCUT2D eigenvalue weighted by atomic mass is 32.2. The largest absolute Gasteiger partial charge is 0.343 e. The molecule has 0 aromatic heterocycles. The summed E-state index contributed by atoms with van der Waals surface area (Å²) in [5, 5.41) is 8.67. The molecule has 11 heteroatoms. The third kappa shape index (κ3) is 12.5. The first-order valence-corrected chi connectivity index (χ1v) is 17.1. The smallest absolute Gasteiger partial charge is 0.245 e. The van der Waals surface area contributed by atoms with Gasteiger partial charge in [0.15, 0.2) is 0 Å². The average Bonchev–Trinajstić information content (AvgIpc) is 3.32. The molecule has 0 aliphatic carbocycles. The first-order chi connectivity index (χ1) is 21.7. The maximum absolute atomic E-state index is 13.8. The summed E-state index contributed by atoms with van der Waals surface area (Å²) in [6.45, 7) is 5.61. The summed E-state index contributed by atoms with van der Waals surface area (Å²) in [5.41, 5.74) is 13.8. The van der Waals surface area contributed by atoms with Gasteiger partial charge in [0.05, 0.1) is 6.04 Å². The molecule has 4 amide bonds. The van der Waals surface area contributed by atoms with Crippen LogP contribution in [0.1, 0.15) is 50.7 Å². The Hall–Kier alpha value is -3.41. The fourth-order valence-electron chi connectivity index (χ4n) is 5.31. The molecule has 0 unspecified atom stereocenters. The lowest BCUT2D eigenvalue weighted by Gasteiger charge is -2.29. The van der Waals surface area contributed by atoms with Crippen molar-refractivity contribution < 1.29 is 19.2 Å². The molecule has 0 saturated carbocycles. The molecular weight excluding hydrogens is 588 g/mol. The van der Waals surface area contributed by atoms with Gasteiger partial charge in [0.25, 0.3) is 0 Å². The Kier molecular flexibility index (Phi) is 15.4. The SMILES string of the molecule is CC(C)C[C@@H](NC(=O)[C@@H](Cc1ccccc1)NC(=O)[C@H](N)Cc1ccccc1)C(=O)N[C@H](CCCN)C(=O)N1CCCSCC1. The molecule has 1 aliphatic rings. The molecule has 0 spiro atoms. The minimum atomic E-state index is -0.964. The molecule has 10 nitrogen and oxygen atoms in total. The lowest BCUT2D eigenvalue weighted by Crippen LogP contribution is -2.58. The van der Waals surface area contributed by atoms with Crippen LogP contribution in [-0.2, 0) is 32.0 Å². The van der Waals surface area contributed by atoms with Crippen molar-refractivity contribution in [1.82, 2.24) is 20.9 Å². The second kappa shape index (κ2) is 19.2. The lowest BCUT2D eigenvalue weighted by atomic mass is 9.99. The standard InChI is InChI=1S/C34H50N6O4S/c1-24(2)21-29(32(42)37-28(15-9-16-35)34(44)40-17-10-19-45-20-18-40)39-33(43)30(23-26-13-7-4-8-14-26)38-31(41)27(36)22-25-11-5-3-6-12-25/h3-8,11-14,24,27-30H,9-10,15-23,35-36H2,1-2H3,(H,37,42)(H,38,41)(H,39,43)/t27-,28-,29-,30-/m1/s1. The summed E-state index contributed by atoms with van der Waals surface area (Å²) in [6.07, 6.45) is 2.79. The number of nitrogens with two attached hydrogens (primary N) is 2. The quantitative estimate of drug-likeness (QED) is 0.188. The van der Waals surface area contributed by atoms with Gasteiger partial charge >= 0.3 is 0 Å². The fraction of sp³-hybridized carbons (Fsp3) is 0.529. The van der Waals surface area contributed by atoms with Gasteiger partial charge in [-0.15, -0.1) is 0 Å². The highest BCUT2D eigenvalue weighted by Gasteiger charge is 2.32. The number of amides is 4. The Morgan fingerprint density at radius 1 is 0.778 bits per heavy atom. The van der Waals surface area contributed by atoms with E-state index in [4.69, 9.17) is 11.5 Å². The Labute approximate surface area is 271 Å². The molecule has 4 atom stereocenters. The van der Waals surface area contributed by atoms with Gasteiger partial charge in [0, 0.05) is 25.3 Å². The maximum atomic E-state index is 13.8. The van der Waals surface area contributed by atoms with Crippen molar-refractivity contribution in [2.24, 2.45) is 17.4 Å². The van der Waals surface area contributed by atoms with Crippen LogP contribution in [0.3, 0.4) is 0 Å². The van der Waals surface area contributed by atoms with E-state index in [9.17, 15) is 19.2 Å². The topological polar surface area (TPSA) is 160 Å². The van der Waals surface area contributed by atoms with E-state index in [1.807, 2.05) is 91.2 Å². The van der Waals surface area contributed by atoms with Crippen LogP contribution in [0.4, 0.5) is 0 Å². The van der Waals surface area contributed by atoms with E-state index in [0.717, 1.165) is 29.1 Å². The van der Waals surface area contributed by atoms with Gasteiger partial charge in [-0.25, -0.2) is 0 Å². The highest BCUT2D eigenvalue weighted by Crippen LogP contribution is 2.14. The van der Waals surface area contributed by atoms with Crippen LogP contribution in [0.25, 0.3) is 0 Å². The molecule has 246 valence electrons. The second-order valence-corrected chi connectivity index (χ2v) is 13.2. The van der Waals surface area contributed by atoms with Crippen LogP contribution in [0.15, 0.2) is 60.7 Å². The zero-order valence-corrected chi connectivity index (χ0v) is 27.4. The van der Waals surface area contributed by atoms with E-state index < -0.39 is 41.9 Å². The predicted molar refractivity (Wildman–Crippen MR) is 180 cm³/mol. The van der Waals surface area contributed by atoms with E-state index in [2.05, 4.69) is 16.0 Å². The van der Waals surface area contributed by atoms with Gasteiger partial charge in [-0.3, -0.25) is 19.2 Å². The van der Waals surface area contributed by atoms with E-state index >= 15 is 0 Å². The van der Waals surface area contributed by atoms with Crippen molar-refractivity contribution >= 4 is 35.4 Å². The molecule has 1 aliphatic heterocycles. The molecule has 3 rings (SSSR count). The maximum Gasteiger partial charge on any atom is 0.245 e. The normalized spacial score (nSPS) is 16.2. The van der Waals surface area contributed by atoms with Crippen molar-refractivity contribution in [3.63, 3.8) is 0 Å². The van der Waals surface area contributed by atoms with E-state index in [1.165, 1.54) is 0 Å². The van der Waals surface area contributed by atoms with Crippen LogP contribution in [0.2, 0.25) is 0 Å². The summed E-state index contributed by atoms with van der Waals surface area (Å²) < 4.78 is 0.